The van der Waals surface area contributed by atoms with Crippen molar-refractivity contribution in [3.63, 3.8) is 0 Å². The second kappa shape index (κ2) is 6.83. The van der Waals surface area contributed by atoms with Crippen LogP contribution in [0, 0.1) is 6.92 Å². The SMILES string of the molecule is CC/C(=C/c1ccc(C)c(Cl)c1)CNC(C)C. The highest BCUT2D eigenvalue weighted by Gasteiger charge is 1.99. The minimum Gasteiger partial charge on any atom is -0.311 e. The van der Waals surface area contributed by atoms with E-state index in [0.29, 0.717) is 6.04 Å². The summed E-state index contributed by atoms with van der Waals surface area (Å²) in [5.74, 6) is 0. The molecule has 1 nitrogen and oxygen atoms in total. The van der Waals surface area contributed by atoms with Crippen LogP contribution in [-0.4, -0.2) is 12.6 Å². The monoisotopic (exact) mass is 251 g/mol. The van der Waals surface area contributed by atoms with Gasteiger partial charge >= 0.3 is 0 Å². The molecule has 0 bridgehead atoms. The van der Waals surface area contributed by atoms with Gasteiger partial charge in [-0.05, 0) is 30.5 Å². The Balaban J connectivity index is 2.79. The number of nitrogens with one attached hydrogen (secondary N) is 1. The molecule has 1 aromatic rings. The van der Waals surface area contributed by atoms with E-state index in [2.05, 4.69) is 44.3 Å². The Morgan fingerprint density at radius 1 is 1.41 bits per heavy atom. The molecule has 0 saturated carbocycles. The van der Waals surface area contributed by atoms with Gasteiger partial charge in [-0.25, -0.2) is 0 Å². The molecule has 0 aliphatic heterocycles. The van der Waals surface area contributed by atoms with Crippen molar-refractivity contribution in [2.45, 2.75) is 40.2 Å². The van der Waals surface area contributed by atoms with Gasteiger partial charge in [-0.1, -0.05) is 56.2 Å². The van der Waals surface area contributed by atoms with Gasteiger partial charge in [0.05, 0.1) is 0 Å². The lowest BCUT2D eigenvalue weighted by atomic mass is 10.1. The molecule has 0 atom stereocenters. The van der Waals surface area contributed by atoms with Crippen LogP contribution in [0.25, 0.3) is 6.08 Å². The molecule has 94 valence electrons. The largest absolute Gasteiger partial charge is 0.311 e. The number of rotatable bonds is 5. The molecule has 0 amide bonds. The lowest BCUT2D eigenvalue weighted by Crippen LogP contribution is -2.24. The average Bonchev–Trinajstić information content (AvgIpc) is 2.28. The van der Waals surface area contributed by atoms with Crippen LogP contribution in [-0.2, 0) is 0 Å². The summed E-state index contributed by atoms with van der Waals surface area (Å²) in [6.45, 7) is 9.48. The molecule has 0 radical (unpaired) electrons. The minimum absolute atomic E-state index is 0.520. The highest BCUT2D eigenvalue weighted by atomic mass is 35.5. The molecule has 0 spiro atoms. The Morgan fingerprint density at radius 2 is 2.12 bits per heavy atom. The lowest BCUT2D eigenvalue weighted by Gasteiger charge is -2.10. The van der Waals surface area contributed by atoms with Crippen LogP contribution in [0.2, 0.25) is 5.02 Å². The van der Waals surface area contributed by atoms with Crippen LogP contribution in [0.15, 0.2) is 23.8 Å². The summed E-state index contributed by atoms with van der Waals surface area (Å²) < 4.78 is 0. The number of halogens is 1. The van der Waals surface area contributed by atoms with E-state index < -0.39 is 0 Å². The summed E-state index contributed by atoms with van der Waals surface area (Å²) in [5.41, 5.74) is 3.71. The van der Waals surface area contributed by atoms with Gasteiger partial charge < -0.3 is 5.32 Å². The van der Waals surface area contributed by atoms with Crippen molar-refractivity contribution < 1.29 is 0 Å². The number of benzene rings is 1. The smallest absolute Gasteiger partial charge is 0.0441 e. The Hall–Kier alpha value is -0.790. The molecule has 0 unspecified atom stereocenters. The number of aryl methyl sites for hydroxylation is 1. The van der Waals surface area contributed by atoms with Crippen molar-refractivity contribution in [2.75, 3.05) is 6.54 Å². The molecule has 2 heteroatoms. The molecular weight excluding hydrogens is 230 g/mol. The summed E-state index contributed by atoms with van der Waals surface area (Å²) in [6, 6.07) is 6.73. The molecule has 1 N–H and O–H groups in total. The predicted molar refractivity (Wildman–Crippen MR) is 77.6 cm³/mol. The molecule has 17 heavy (non-hydrogen) atoms. The van der Waals surface area contributed by atoms with Crippen molar-refractivity contribution in [3.8, 4) is 0 Å². The topological polar surface area (TPSA) is 12.0 Å². The van der Waals surface area contributed by atoms with E-state index in [0.717, 1.165) is 23.6 Å². The minimum atomic E-state index is 0.520. The first-order chi connectivity index (χ1) is 8.02. The van der Waals surface area contributed by atoms with Gasteiger partial charge in [0.15, 0.2) is 0 Å². The van der Waals surface area contributed by atoms with Crippen molar-refractivity contribution in [2.24, 2.45) is 0 Å². The quantitative estimate of drug-likeness (QED) is 0.816. The van der Waals surface area contributed by atoms with E-state index in [1.54, 1.807) is 0 Å². The van der Waals surface area contributed by atoms with Crippen LogP contribution in [0.3, 0.4) is 0 Å². The standard InChI is InChI=1S/C15H22ClN/c1-5-13(10-17-11(2)3)8-14-7-6-12(4)15(16)9-14/h6-9,11,17H,5,10H2,1-4H3/b13-8-. The Labute approximate surface area is 110 Å². The third kappa shape index (κ3) is 4.93. The number of hydrogen-bond donors (Lipinski definition) is 1. The maximum absolute atomic E-state index is 6.12. The first kappa shape index (κ1) is 14.3. The maximum atomic E-state index is 6.12. The zero-order valence-corrected chi connectivity index (χ0v) is 11.9. The van der Waals surface area contributed by atoms with E-state index in [9.17, 15) is 0 Å². The third-order valence-corrected chi connectivity index (χ3v) is 3.17. The van der Waals surface area contributed by atoms with Gasteiger partial charge in [0.25, 0.3) is 0 Å². The van der Waals surface area contributed by atoms with E-state index in [-0.39, 0.29) is 0 Å². The zero-order valence-electron chi connectivity index (χ0n) is 11.2. The van der Waals surface area contributed by atoms with E-state index in [1.165, 1.54) is 11.1 Å². The highest BCUT2D eigenvalue weighted by Crippen LogP contribution is 2.19. The number of hydrogen-bond acceptors (Lipinski definition) is 1. The van der Waals surface area contributed by atoms with Gasteiger partial charge in [-0.3, -0.25) is 0 Å². The predicted octanol–water partition coefficient (Wildman–Crippen LogP) is 4.44. The van der Waals surface area contributed by atoms with Crippen molar-refractivity contribution >= 4 is 17.7 Å². The average molecular weight is 252 g/mol. The Kier molecular flexibility index (Phi) is 5.73. The third-order valence-electron chi connectivity index (χ3n) is 2.76. The molecular formula is C15H22ClN. The van der Waals surface area contributed by atoms with E-state index in [1.807, 2.05) is 13.0 Å². The van der Waals surface area contributed by atoms with Gasteiger partial charge in [-0.15, -0.1) is 0 Å². The van der Waals surface area contributed by atoms with Crippen LogP contribution < -0.4 is 5.32 Å². The van der Waals surface area contributed by atoms with E-state index in [4.69, 9.17) is 11.6 Å². The van der Waals surface area contributed by atoms with E-state index >= 15 is 0 Å². The maximum Gasteiger partial charge on any atom is 0.0441 e. The van der Waals surface area contributed by atoms with Crippen LogP contribution in [0.5, 0.6) is 0 Å². The fourth-order valence-corrected chi connectivity index (χ4v) is 1.74. The molecule has 1 rings (SSSR count). The lowest BCUT2D eigenvalue weighted by molar-refractivity contribution is 0.617. The van der Waals surface area contributed by atoms with Crippen molar-refractivity contribution in [3.05, 3.63) is 39.9 Å². The summed E-state index contributed by atoms with van der Waals surface area (Å²) in [5, 5.41) is 4.28. The van der Waals surface area contributed by atoms with Gasteiger partial charge in [0.1, 0.15) is 0 Å². The molecule has 0 saturated heterocycles. The fraction of sp³-hybridized carbons (Fsp3) is 0.467. The normalized spacial score (nSPS) is 12.2. The molecule has 0 fully saturated rings. The second-order valence-electron chi connectivity index (χ2n) is 4.70. The van der Waals surface area contributed by atoms with Crippen molar-refractivity contribution in [1.29, 1.82) is 0 Å². The Morgan fingerprint density at radius 3 is 2.65 bits per heavy atom. The Bertz CT molecular complexity index is 394. The fourth-order valence-electron chi connectivity index (χ4n) is 1.55. The molecule has 0 heterocycles. The van der Waals surface area contributed by atoms with Gasteiger partial charge in [-0.2, -0.15) is 0 Å². The second-order valence-corrected chi connectivity index (χ2v) is 5.11. The van der Waals surface area contributed by atoms with Gasteiger partial charge in [0, 0.05) is 17.6 Å². The molecule has 1 aromatic carbocycles. The molecule has 0 aliphatic carbocycles. The first-order valence-electron chi connectivity index (χ1n) is 6.22. The highest BCUT2D eigenvalue weighted by molar-refractivity contribution is 6.31. The summed E-state index contributed by atoms with van der Waals surface area (Å²) in [6.07, 6.45) is 3.28. The van der Waals surface area contributed by atoms with Crippen LogP contribution in [0.4, 0.5) is 0 Å². The summed E-state index contributed by atoms with van der Waals surface area (Å²) in [4.78, 5) is 0. The summed E-state index contributed by atoms with van der Waals surface area (Å²) in [7, 11) is 0. The molecule has 0 aromatic heterocycles. The van der Waals surface area contributed by atoms with Gasteiger partial charge in [0.2, 0.25) is 0 Å². The first-order valence-corrected chi connectivity index (χ1v) is 6.59. The van der Waals surface area contributed by atoms with Crippen LogP contribution in [0.1, 0.15) is 38.3 Å². The van der Waals surface area contributed by atoms with Crippen molar-refractivity contribution in [1.82, 2.24) is 5.32 Å². The summed E-state index contributed by atoms with van der Waals surface area (Å²) >= 11 is 6.12. The van der Waals surface area contributed by atoms with Crippen LogP contribution >= 0.6 is 11.6 Å². The zero-order chi connectivity index (χ0) is 12.8. The molecule has 0 aliphatic rings.